The highest BCUT2D eigenvalue weighted by Gasteiger charge is 2.36. The Morgan fingerprint density at radius 1 is 0.892 bits per heavy atom. The van der Waals surface area contributed by atoms with E-state index in [1.54, 1.807) is 24.3 Å². The Morgan fingerprint density at radius 3 is 2.16 bits per heavy atom. The first-order valence-electron chi connectivity index (χ1n) is 10.5. The molecule has 3 aromatic carbocycles. The summed E-state index contributed by atoms with van der Waals surface area (Å²) < 4.78 is 86.9. The lowest BCUT2D eigenvalue weighted by Gasteiger charge is -2.17. The van der Waals surface area contributed by atoms with E-state index in [1.807, 2.05) is 0 Å². The molecule has 37 heavy (non-hydrogen) atoms. The highest BCUT2D eigenvalue weighted by Crippen LogP contribution is 2.44. The maximum Gasteiger partial charge on any atom is 0.433 e. The highest BCUT2D eigenvalue weighted by atomic mass is 35.5. The van der Waals surface area contributed by atoms with Crippen molar-refractivity contribution in [2.75, 3.05) is 0 Å². The van der Waals surface area contributed by atoms with Crippen molar-refractivity contribution < 1.29 is 36.2 Å². The zero-order valence-corrected chi connectivity index (χ0v) is 20.3. The number of ether oxygens (including phenoxy) is 1. The number of alkyl halides is 6. The van der Waals surface area contributed by atoms with Crippen LogP contribution in [0.25, 0.3) is 22.4 Å². The monoisotopic (exact) mass is 560 g/mol. The molecule has 0 saturated carbocycles. The van der Waals surface area contributed by atoms with E-state index in [4.69, 9.17) is 27.9 Å². The number of rotatable bonds is 5. The predicted molar refractivity (Wildman–Crippen MR) is 127 cm³/mol. The van der Waals surface area contributed by atoms with Crippen LogP contribution in [0.1, 0.15) is 16.8 Å². The summed E-state index contributed by atoms with van der Waals surface area (Å²) in [5, 5.41) is 14.9. The molecular weight excluding hydrogens is 545 g/mol. The number of phenolic OH excluding ortho intramolecular Hbond substituents is 1. The Bertz CT molecular complexity index is 1450. The molecule has 1 N–H and O–H groups in total. The molecule has 0 atom stereocenters. The second-order valence-corrected chi connectivity index (χ2v) is 8.81. The maximum absolute atomic E-state index is 13.5. The smallest absolute Gasteiger partial charge is 0.433 e. The van der Waals surface area contributed by atoms with Crippen LogP contribution in [0.3, 0.4) is 0 Å². The van der Waals surface area contributed by atoms with Crippen molar-refractivity contribution in [3.8, 4) is 33.9 Å². The largest absolute Gasteiger partial charge is 0.507 e. The minimum Gasteiger partial charge on any atom is -0.507 e. The number of phenols is 1. The van der Waals surface area contributed by atoms with Crippen molar-refractivity contribution in [1.29, 1.82) is 0 Å². The molecule has 4 nitrogen and oxygen atoms in total. The normalized spacial score (nSPS) is 12.1. The third-order valence-corrected chi connectivity index (χ3v) is 6.06. The first kappa shape index (κ1) is 26.7. The lowest BCUT2D eigenvalue weighted by atomic mass is 9.93. The molecule has 1 heterocycles. The molecule has 0 amide bonds. The Morgan fingerprint density at radius 2 is 1.57 bits per heavy atom. The van der Waals surface area contributed by atoms with Crippen molar-refractivity contribution in [1.82, 2.24) is 9.78 Å². The zero-order valence-electron chi connectivity index (χ0n) is 18.8. The fraction of sp³-hybridized carbons (Fsp3) is 0.160. The molecular formula is C25H16Cl2F6N2O2. The van der Waals surface area contributed by atoms with E-state index >= 15 is 0 Å². The van der Waals surface area contributed by atoms with Crippen LogP contribution in [0.15, 0.2) is 60.7 Å². The van der Waals surface area contributed by atoms with E-state index in [2.05, 4.69) is 5.10 Å². The average molecular weight is 561 g/mol. The van der Waals surface area contributed by atoms with Crippen LogP contribution in [0.5, 0.6) is 11.5 Å². The van der Waals surface area contributed by atoms with Gasteiger partial charge in [0.25, 0.3) is 0 Å². The highest BCUT2D eigenvalue weighted by molar-refractivity contribution is 6.31. The number of nitrogens with zero attached hydrogens (tertiary/aromatic N) is 2. The molecule has 0 saturated heterocycles. The molecule has 0 aliphatic heterocycles. The molecule has 0 unspecified atom stereocenters. The van der Waals surface area contributed by atoms with Crippen molar-refractivity contribution in [2.45, 2.75) is 19.0 Å². The van der Waals surface area contributed by atoms with Crippen molar-refractivity contribution in [3.05, 3.63) is 87.5 Å². The first-order chi connectivity index (χ1) is 17.3. The topological polar surface area (TPSA) is 47.3 Å². The Hall–Kier alpha value is -3.37. The van der Waals surface area contributed by atoms with Gasteiger partial charge in [-0.25, -0.2) is 0 Å². The van der Waals surface area contributed by atoms with Gasteiger partial charge in [-0.3, -0.25) is 4.68 Å². The fourth-order valence-corrected chi connectivity index (χ4v) is 4.09. The van der Waals surface area contributed by atoms with Crippen LogP contribution in [0.2, 0.25) is 10.0 Å². The van der Waals surface area contributed by atoms with Gasteiger partial charge < -0.3 is 9.84 Å². The molecule has 0 fully saturated rings. The molecule has 0 aliphatic carbocycles. The third-order valence-electron chi connectivity index (χ3n) is 5.48. The predicted octanol–water partition coefficient (Wildman–Crippen LogP) is 8.38. The molecule has 4 rings (SSSR count). The lowest BCUT2D eigenvalue weighted by molar-refractivity contribution is -0.143. The number of hydrogen-bond donors (Lipinski definition) is 1. The van der Waals surface area contributed by atoms with Crippen LogP contribution < -0.4 is 4.74 Å². The summed E-state index contributed by atoms with van der Waals surface area (Å²) in [6.45, 7) is -0.190. The summed E-state index contributed by atoms with van der Waals surface area (Å²) in [5.74, 6) is -0.176. The van der Waals surface area contributed by atoms with Gasteiger partial charge in [0, 0.05) is 28.8 Å². The number of aryl methyl sites for hydroxylation is 1. The van der Waals surface area contributed by atoms with Gasteiger partial charge in [0.15, 0.2) is 0 Å². The van der Waals surface area contributed by atoms with E-state index in [1.165, 1.54) is 18.2 Å². The summed E-state index contributed by atoms with van der Waals surface area (Å²) in [5.41, 5.74) is -2.42. The minimum atomic E-state index is -4.79. The van der Waals surface area contributed by atoms with Gasteiger partial charge in [-0.2, -0.15) is 31.4 Å². The average Bonchev–Trinajstić information content (AvgIpc) is 3.20. The molecule has 194 valence electrons. The molecule has 0 aliphatic rings. The quantitative estimate of drug-likeness (QED) is 0.249. The van der Waals surface area contributed by atoms with Crippen molar-refractivity contribution in [2.24, 2.45) is 7.05 Å². The Balaban J connectivity index is 1.86. The van der Waals surface area contributed by atoms with Crippen LogP contribution >= 0.6 is 23.2 Å². The Labute approximate surface area is 216 Å². The van der Waals surface area contributed by atoms with Gasteiger partial charge in [0.1, 0.15) is 23.8 Å². The summed E-state index contributed by atoms with van der Waals surface area (Å²) in [7, 11) is 1.09. The van der Waals surface area contributed by atoms with Gasteiger partial charge in [-0.15, -0.1) is 0 Å². The van der Waals surface area contributed by atoms with Crippen LogP contribution in [-0.4, -0.2) is 14.9 Å². The maximum atomic E-state index is 13.5. The number of aromatic hydroxyl groups is 1. The van der Waals surface area contributed by atoms with Crippen LogP contribution in [0.4, 0.5) is 26.3 Å². The summed E-state index contributed by atoms with van der Waals surface area (Å²) in [6, 6.07) is 12.9. The molecule has 0 spiro atoms. The van der Waals surface area contributed by atoms with E-state index in [0.717, 1.165) is 25.2 Å². The van der Waals surface area contributed by atoms with Gasteiger partial charge in [0.2, 0.25) is 0 Å². The standard InChI is InChI=1S/C25H16Cl2F6N2O2/c1-35-21(25(31,32)33)11-20(34-35)17-8-2-14(12-37-16-6-4-15(26)5-7-16)22(23(17)36)13-3-9-19(27)18(10-13)24(28,29)30/h2-11,36H,12H2,1H3. The molecule has 12 heteroatoms. The first-order valence-corrected chi connectivity index (χ1v) is 11.2. The molecule has 0 bridgehead atoms. The number of halogens is 8. The van der Waals surface area contributed by atoms with Gasteiger partial charge in [-0.05, 0) is 54.1 Å². The van der Waals surface area contributed by atoms with Crippen molar-refractivity contribution in [3.63, 3.8) is 0 Å². The van der Waals surface area contributed by atoms with Crippen LogP contribution in [-0.2, 0) is 26.0 Å². The summed E-state index contributed by atoms with van der Waals surface area (Å²) in [6.07, 6.45) is -9.49. The van der Waals surface area contributed by atoms with E-state index < -0.39 is 34.4 Å². The second kappa shape index (κ2) is 9.83. The number of hydrogen-bond acceptors (Lipinski definition) is 3. The summed E-state index contributed by atoms with van der Waals surface area (Å²) >= 11 is 11.6. The van der Waals surface area contributed by atoms with Gasteiger partial charge in [-0.1, -0.05) is 35.3 Å². The van der Waals surface area contributed by atoms with E-state index in [0.29, 0.717) is 15.5 Å². The fourth-order valence-electron chi connectivity index (χ4n) is 3.74. The van der Waals surface area contributed by atoms with Crippen molar-refractivity contribution >= 4 is 23.2 Å². The minimum absolute atomic E-state index is 0.0715. The lowest BCUT2D eigenvalue weighted by Crippen LogP contribution is -2.11. The van der Waals surface area contributed by atoms with Gasteiger partial charge in [0.05, 0.1) is 16.3 Å². The molecule has 4 aromatic rings. The second-order valence-electron chi connectivity index (χ2n) is 7.97. The van der Waals surface area contributed by atoms with Crippen LogP contribution in [0, 0.1) is 0 Å². The molecule has 0 radical (unpaired) electrons. The van der Waals surface area contributed by atoms with E-state index in [9.17, 15) is 31.4 Å². The number of aromatic nitrogens is 2. The third kappa shape index (κ3) is 5.65. The molecule has 1 aromatic heterocycles. The van der Waals surface area contributed by atoms with E-state index in [-0.39, 0.29) is 34.6 Å². The summed E-state index contributed by atoms with van der Waals surface area (Å²) in [4.78, 5) is 0. The van der Waals surface area contributed by atoms with Gasteiger partial charge >= 0.3 is 12.4 Å². The SMILES string of the molecule is Cn1nc(-c2ccc(COc3ccc(Cl)cc3)c(-c3ccc(Cl)c(C(F)(F)F)c3)c2O)cc1C(F)(F)F. The number of benzene rings is 3. The zero-order chi connectivity index (χ0) is 27.1. The Kier molecular flexibility index (Phi) is 7.09.